The van der Waals surface area contributed by atoms with Crippen LogP contribution in [0.1, 0.15) is 18.4 Å². The second-order valence-electron chi connectivity index (χ2n) is 5.22. The fraction of sp³-hybridized carbons (Fsp3) is 0.571. The topological polar surface area (TPSA) is 26.7 Å². The summed E-state index contributed by atoms with van der Waals surface area (Å²) in [6.45, 7) is 3.11. The Morgan fingerprint density at radius 3 is 3.00 bits per heavy atom. The zero-order valence-corrected chi connectivity index (χ0v) is 12.7. The lowest BCUT2D eigenvalue weighted by atomic mass is 10.0. The van der Waals surface area contributed by atoms with Gasteiger partial charge >= 0.3 is 0 Å². The molecule has 1 aromatic rings. The predicted octanol–water partition coefficient (Wildman–Crippen LogP) is 2.68. The van der Waals surface area contributed by atoms with E-state index in [1.807, 2.05) is 18.2 Å². The molecule has 1 fully saturated rings. The van der Waals surface area contributed by atoms with Gasteiger partial charge in [0.05, 0.1) is 4.47 Å². The normalized spacial score (nSPS) is 21.4. The van der Waals surface area contributed by atoms with E-state index in [-0.39, 0.29) is 0 Å². The molecule has 0 amide bonds. The smallest absolute Gasteiger partial charge is 0.134 e. The summed E-state index contributed by atoms with van der Waals surface area (Å²) < 4.78 is 0.772. The molecule has 1 unspecified atom stereocenters. The first-order valence-corrected chi connectivity index (χ1v) is 7.22. The average Bonchev–Trinajstić information content (AvgIpc) is 2.35. The molecular formula is C14H21BrN2O. The first-order valence-electron chi connectivity index (χ1n) is 6.43. The minimum Gasteiger partial charge on any atom is -0.506 e. The van der Waals surface area contributed by atoms with Gasteiger partial charge in [-0.05, 0) is 55.5 Å². The van der Waals surface area contributed by atoms with Gasteiger partial charge in [-0.25, -0.2) is 0 Å². The van der Waals surface area contributed by atoms with Crippen molar-refractivity contribution >= 4 is 15.9 Å². The van der Waals surface area contributed by atoms with Gasteiger partial charge in [-0.3, -0.25) is 4.90 Å². The third-order valence-electron chi connectivity index (χ3n) is 3.71. The molecule has 4 heteroatoms. The lowest BCUT2D eigenvalue weighted by Crippen LogP contribution is -2.44. The molecular weight excluding hydrogens is 292 g/mol. The number of nitrogens with zero attached hydrogens (tertiary/aromatic N) is 2. The van der Waals surface area contributed by atoms with E-state index in [4.69, 9.17) is 0 Å². The van der Waals surface area contributed by atoms with Crippen molar-refractivity contribution in [3.05, 3.63) is 28.2 Å². The lowest BCUT2D eigenvalue weighted by Gasteiger charge is -2.36. The first-order chi connectivity index (χ1) is 8.58. The van der Waals surface area contributed by atoms with Gasteiger partial charge in [0.15, 0.2) is 0 Å². The van der Waals surface area contributed by atoms with Crippen molar-refractivity contribution in [3.63, 3.8) is 0 Å². The molecule has 0 radical (unpaired) electrons. The summed E-state index contributed by atoms with van der Waals surface area (Å²) in [6, 6.07) is 6.41. The van der Waals surface area contributed by atoms with Crippen LogP contribution in [0.3, 0.4) is 0 Å². The predicted molar refractivity (Wildman–Crippen MR) is 77.8 cm³/mol. The van der Waals surface area contributed by atoms with Crippen LogP contribution in [0.2, 0.25) is 0 Å². The van der Waals surface area contributed by atoms with Gasteiger partial charge in [-0.2, -0.15) is 0 Å². The van der Waals surface area contributed by atoms with E-state index >= 15 is 0 Å². The van der Waals surface area contributed by atoms with Gasteiger partial charge < -0.3 is 10.0 Å². The largest absolute Gasteiger partial charge is 0.506 e. The van der Waals surface area contributed by atoms with E-state index in [0.717, 1.165) is 23.1 Å². The quantitative estimate of drug-likeness (QED) is 0.929. The maximum atomic E-state index is 10.0. The van der Waals surface area contributed by atoms with Crippen LogP contribution in [0.15, 0.2) is 22.7 Å². The second kappa shape index (κ2) is 6.04. The molecule has 2 rings (SSSR count). The van der Waals surface area contributed by atoms with Gasteiger partial charge in [-0.1, -0.05) is 12.1 Å². The van der Waals surface area contributed by atoms with Crippen molar-refractivity contribution in [1.82, 2.24) is 9.80 Å². The third-order valence-corrected chi connectivity index (χ3v) is 4.35. The van der Waals surface area contributed by atoms with Crippen LogP contribution < -0.4 is 0 Å². The molecule has 0 aromatic heterocycles. The van der Waals surface area contributed by atoms with E-state index in [9.17, 15) is 5.11 Å². The second-order valence-corrected chi connectivity index (χ2v) is 6.08. The van der Waals surface area contributed by atoms with Crippen LogP contribution in [0.25, 0.3) is 0 Å². The number of likely N-dealkylation sites (N-methyl/N-ethyl adjacent to an activating group) is 2. The number of phenols is 1. The molecule has 1 saturated heterocycles. The third kappa shape index (κ3) is 3.25. The average molecular weight is 313 g/mol. The minimum absolute atomic E-state index is 0.369. The fourth-order valence-electron chi connectivity index (χ4n) is 2.58. The van der Waals surface area contributed by atoms with Crippen molar-refractivity contribution in [2.24, 2.45) is 0 Å². The molecule has 1 aromatic carbocycles. The van der Waals surface area contributed by atoms with Crippen LogP contribution in [0.5, 0.6) is 5.75 Å². The fourth-order valence-corrected chi connectivity index (χ4v) is 2.99. The molecule has 3 nitrogen and oxygen atoms in total. The molecule has 1 aliphatic rings. The Hall–Kier alpha value is -0.580. The van der Waals surface area contributed by atoms with Crippen LogP contribution in [-0.2, 0) is 6.54 Å². The van der Waals surface area contributed by atoms with Gasteiger partial charge in [0.1, 0.15) is 5.75 Å². The summed E-state index contributed by atoms with van der Waals surface area (Å²) in [6.07, 6.45) is 2.51. The first kappa shape index (κ1) is 13.8. The summed E-state index contributed by atoms with van der Waals surface area (Å²) in [4.78, 5) is 4.72. The standard InChI is InChI=1S/C14H21BrN2O/c1-16-8-4-6-12(10-16)17(2)9-11-5-3-7-13(15)14(11)18/h3,5,7,12,18H,4,6,8-10H2,1-2H3. The van der Waals surface area contributed by atoms with Crippen molar-refractivity contribution < 1.29 is 5.11 Å². The van der Waals surface area contributed by atoms with Crippen LogP contribution in [0.4, 0.5) is 0 Å². The molecule has 1 atom stereocenters. The van der Waals surface area contributed by atoms with Gasteiger partial charge in [-0.15, -0.1) is 0 Å². The Morgan fingerprint density at radius 1 is 1.50 bits per heavy atom. The van der Waals surface area contributed by atoms with Crippen LogP contribution in [-0.4, -0.2) is 48.1 Å². The molecule has 1 N–H and O–H groups in total. The van der Waals surface area contributed by atoms with E-state index < -0.39 is 0 Å². The number of likely N-dealkylation sites (tertiary alicyclic amines) is 1. The van der Waals surface area contributed by atoms with E-state index in [0.29, 0.717) is 11.8 Å². The molecule has 0 bridgehead atoms. The number of hydrogen-bond donors (Lipinski definition) is 1. The Morgan fingerprint density at radius 2 is 2.28 bits per heavy atom. The molecule has 18 heavy (non-hydrogen) atoms. The van der Waals surface area contributed by atoms with Gasteiger partial charge in [0, 0.05) is 24.7 Å². The number of piperidine rings is 1. The van der Waals surface area contributed by atoms with Gasteiger partial charge in [0.2, 0.25) is 0 Å². The number of para-hydroxylation sites is 1. The minimum atomic E-state index is 0.369. The van der Waals surface area contributed by atoms with E-state index in [1.165, 1.54) is 19.4 Å². The maximum absolute atomic E-state index is 10.0. The Labute approximate surface area is 118 Å². The Balaban J connectivity index is 2.02. The van der Waals surface area contributed by atoms with Crippen molar-refractivity contribution in [2.75, 3.05) is 27.2 Å². The van der Waals surface area contributed by atoms with Gasteiger partial charge in [0.25, 0.3) is 0 Å². The zero-order chi connectivity index (χ0) is 13.1. The number of hydrogen-bond acceptors (Lipinski definition) is 3. The molecule has 100 valence electrons. The highest BCUT2D eigenvalue weighted by Crippen LogP contribution is 2.29. The lowest BCUT2D eigenvalue weighted by molar-refractivity contribution is 0.128. The molecule has 0 spiro atoms. The summed E-state index contributed by atoms with van der Waals surface area (Å²) in [5.74, 6) is 0.369. The number of phenolic OH excluding ortho intramolecular Hbond substituents is 1. The summed E-state index contributed by atoms with van der Waals surface area (Å²) in [5, 5.41) is 10.0. The summed E-state index contributed by atoms with van der Waals surface area (Å²) in [7, 11) is 4.32. The molecule has 1 heterocycles. The SMILES string of the molecule is CN1CCCC(N(C)Cc2cccc(Br)c2O)C1. The van der Waals surface area contributed by atoms with E-state index in [2.05, 4.69) is 39.8 Å². The van der Waals surface area contributed by atoms with E-state index in [1.54, 1.807) is 0 Å². The molecule has 1 aliphatic heterocycles. The number of rotatable bonds is 3. The van der Waals surface area contributed by atoms with Crippen molar-refractivity contribution in [2.45, 2.75) is 25.4 Å². The van der Waals surface area contributed by atoms with Crippen molar-refractivity contribution in [3.8, 4) is 5.75 Å². The monoisotopic (exact) mass is 312 g/mol. The molecule has 0 aliphatic carbocycles. The Bertz CT molecular complexity index is 411. The summed E-state index contributed by atoms with van der Waals surface area (Å²) in [5.41, 5.74) is 0.986. The maximum Gasteiger partial charge on any atom is 0.134 e. The highest BCUT2D eigenvalue weighted by Gasteiger charge is 2.21. The number of benzene rings is 1. The summed E-state index contributed by atoms with van der Waals surface area (Å²) >= 11 is 3.36. The van der Waals surface area contributed by atoms with Crippen LogP contribution >= 0.6 is 15.9 Å². The van der Waals surface area contributed by atoms with Crippen molar-refractivity contribution in [1.29, 1.82) is 0 Å². The zero-order valence-electron chi connectivity index (χ0n) is 11.1. The highest BCUT2D eigenvalue weighted by atomic mass is 79.9. The number of halogens is 1. The molecule has 0 saturated carbocycles. The Kier molecular flexibility index (Phi) is 4.65. The van der Waals surface area contributed by atoms with Crippen LogP contribution in [0, 0.1) is 0 Å². The number of aromatic hydroxyl groups is 1. The highest BCUT2D eigenvalue weighted by molar-refractivity contribution is 9.10.